The summed E-state index contributed by atoms with van der Waals surface area (Å²) in [6.07, 6.45) is 0.702. The van der Waals surface area contributed by atoms with E-state index in [1.807, 2.05) is 4.90 Å². The van der Waals surface area contributed by atoms with E-state index in [4.69, 9.17) is 35.3 Å². The molecular formula is C25H31ClN2O7. The molecule has 0 N–H and O–H groups in total. The van der Waals surface area contributed by atoms with Gasteiger partial charge >= 0.3 is 5.97 Å². The maximum absolute atomic E-state index is 13.0. The van der Waals surface area contributed by atoms with E-state index in [9.17, 15) is 9.59 Å². The molecule has 35 heavy (non-hydrogen) atoms. The molecule has 1 aliphatic rings. The van der Waals surface area contributed by atoms with Crippen LogP contribution in [-0.4, -0.2) is 88.9 Å². The minimum absolute atomic E-state index is 0.0847. The zero-order valence-corrected chi connectivity index (χ0v) is 21.0. The number of carbonyl (C=O) groups excluding carboxylic acids is 2. The van der Waals surface area contributed by atoms with Gasteiger partial charge in [-0.3, -0.25) is 9.69 Å². The van der Waals surface area contributed by atoms with Gasteiger partial charge < -0.3 is 28.6 Å². The molecule has 0 aliphatic carbocycles. The molecule has 1 aliphatic heterocycles. The first-order valence-corrected chi connectivity index (χ1v) is 11.7. The first-order chi connectivity index (χ1) is 16.9. The van der Waals surface area contributed by atoms with Crippen LogP contribution in [0.25, 0.3) is 0 Å². The Kier molecular flexibility index (Phi) is 9.86. The molecule has 0 saturated carbocycles. The quantitative estimate of drug-likeness (QED) is 0.339. The molecular weight excluding hydrogens is 476 g/mol. The largest absolute Gasteiger partial charge is 0.493 e. The van der Waals surface area contributed by atoms with E-state index < -0.39 is 5.97 Å². The van der Waals surface area contributed by atoms with E-state index in [-0.39, 0.29) is 12.5 Å². The van der Waals surface area contributed by atoms with Crippen molar-refractivity contribution in [3.63, 3.8) is 0 Å². The van der Waals surface area contributed by atoms with Crippen LogP contribution in [0.1, 0.15) is 16.8 Å². The second kappa shape index (κ2) is 13.1. The van der Waals surface area contributed by atoms with Gasteiger partial charge in [-0.2, -0.15) is 0 Å². The van der Waals surface area contributed by atoms with Gasteiger partial charge in [0.05, 0.1) is 27.9 Å². The highest BCUT2D eigenvalue weighted by molar-refractivity contribution is 6.30. The van der Waals surface area contributed by atoms with Gasteiger partial charge in [-0.15, -0.1) is 0 Å². The average molecular weight is 507 g/mol. The Balaban J connectivity index is 1.38. The molecule has 10 heteroatoms. The molecule has 1 heterocycles. The number of ether oxygens (including phenoxy) is 5. The van der Waals surface area contributed by atoms with Crippen LogP contribution < -0.4 is 18.9 Å². The van der Waals surface area contributed by atoms with Crippen molar-refractivity contribution in [3.05, 3.63) is 47.0 Å². The van der Waals surface area contributed by atoms with Crippen molar-refractivity contribution < 1.29 is 33.3 Å². The van der Waals surface area contributed by atoms with Gasteiger partial charge in [0, 0.05) is 43.3 Å². The summed E-state index contributed by atoms with van der Waals surface area (Å²) >= 11 is 5.82. The third-order valence-electron chi connectivity index (χ3n) is 5.62. The molecule has 190 valence electrons. The molecule has 1 saturated heterocycles. The Labute approximate surface area is 210 Å². The van der Waals surface area contributed by atoms with E-state index in [0.717, 1.165) is 19.6 Å². The van der Waals surface area contributed by atoms with Gasteiger partial charge in [0.2, 0.25) is 5.75 Å². The van der Waals surface area contributed by atoms with E-state index in [1.54, 1.807) is 36.4 Å². The summed E-state index contributed by atoms with van der Waals surface area (Å²) < 4.78 is 26.7. The summed E-state index contributed by atoms with van der Waals surface area (Å²) in [4.78, 5) is 29.0. The molecule has 0 aromatic heterocycles. The molecule has 0 unspecified atom stereocenters. The predicted octanol–water partition coefficient (Wildman–Crippen LogP) is 3.14. The first kappa shape index (κ1) is 26.4. The Morgan fingerprint density at radius 3 is 2.11 bits per heavy atom. The van der Waals surface area contributed by atoms with Gasteiger partial charge in [0.25, 0.3) is 5.91 Å². The van der Waals surface area contributed by atoms with Gasteiger partial charge in [-0.25, -0.2) is 4.79 Å². The van der Waals surface area contributed by atoms with Crippen molar-refractivity contribution in [2.45, 2.75) is 6.42 Å². The maximum Gasteiger partial charge on any atom is 0.344 e. The molecule has 0 atom stereocenters. The van der Waals surface area contributed by atoms with Crippen LogP contribution in [0.4, 0.5) is 0 Å². The molecule has 9 nitrogen and oxygen atoms in total. The van der Waals surface area contributed by atoms with Crippen molar-refractivity contribution in [1.82, 2.24) is 9.80 Å². The van der Waals surface area contributed by atoms with Gasteiger partial charge in [-0.05, 0) is 42.8 Å². The summed E-state index contributed by atoms with van der Waals surface area (Å²) in [6, 6.07) is 10.1. The number of benzene rings is 2. The molecule has 1 fully saturated rings. The van der Waals surface area contributed by atoms with Crippen LogP contribution in [0.2, 0.25) is 5.02 Å². The van der Waals surface area contributed by atoms with E-state index in [1.165, 1.54) is 21.3 Å². The maximum atomic E-state index is 13.0. The fourth-order valence-corrected chi connectivity index (χ4v) is 3.88. The number of esters is 1. The summed E-state index contributed by atoms with van der Waals surface area (Å²) in [5, 5.41) is 0.603. The van der Waals surface area contributed by atoms with Gasteiger partial charge in [-0.1, -0.05) is 11.6 Å². The van der Waals surface area contributed by atoms with Crippen molar-refractivity contribution in [3.8, 4) is 23.0 Å². The van der Waals surface area contributed by atoms with Crippen LogP contribution in [0, 0.1) is 0 Å². The monoisotopic (exact) mass is 506 g/mol. The second-order valence-corrected chi connectivity index (χ2v) is 8.30. The molecule has 0 radical (unpaired) electrons. The number of hydrogen-bond donors (Lipinski definition) is 0. The number of nitrogens with zero attached hydrogens (tertiary/aromatic N) is 2. The topological polar surface area (TPSA) is 86.8 Å². The normalized spacial score (nSPS) is 13.8. The standard InChI is InChI=1S/C25H31ClN2O7/c1-31-21-15-18(16-22(32-2)24(21)33-3)25(30)28-12-10-27(11-13-28)9-4-14-34-23(29)17-35-20-7-5-19(26)6-8-20/h5-8,15-16H,4,9-14,17H2,1-3H3. The number of methoxy groups -OCH3 is 3. The number of halogens is 1. The van der Waals surface area contributed by atoms with Crippen LogP contribution in [0.5, 0.6) is 23.0 Å². The van der Waals surface area contributed by atoms with Crippen LogP contribution in [0.3, 0.4) is 0 Å². The van der Waals surface area contributed by atoms with Crippen molar-refractivity contribution >= 4 is 23.5 Å². The van der Waals surface area contributed by atoms with Crippen LogP contribution in [-0.2, 0) is 9.53 Å². The van der Waals surface area contributed by atoms with Crippen molar-refractivity contribution in [1.29, 1.82) is 0 Å². The lowest BCUT2D eigenvalue weighted by Gasteiger charge is -2.34. The lowest BCUT2D eigenvalue weighted by molar-refractivity contribution is -0.146. The van der Waals surface area contributed by atoms with Crippen LogP contribution >= 0.6 is 11.6 Å². The van der Waals surface area contributed by atoms with Gasteiger partial charge in [0.15, 0.2) is 18.1 Å². The second-order valence-electron chi connectivity index (χ2n) is 7.86. The Bertz CT molecular complexity index is 967. The number of amides is 1. The van der Waals surface area contributed by atoms with E-state index >= 15 is 0 Å². The summed E-state index contributed by atoms with van der Waals surface area (Å²) in [5.74, 6) is 1.40. The smallest absolute Gasteiger partial charge is 0.344 e. The minimum atomic E-state index is -0.416. The highest BCUT2D eigenvalue weighted by Gasteiger charge is 2.24. The van der Waals surface area contributed by atoms with Crippen LogP contribution in [0.15, 0.2) is 36.4 Å². The lowest BCUT2D eigenvalue weighted by Crippen LogP contribution is -2.49. The van der Waals surface area contributed by atoms with Crippen molar-refractivity contribution in [2.24, 2.45) is 0 Å². The third kappa shape index (κ3) is 7.40. The molecule has 0 bridgehead atoms. The summed E-state index contributed by atoms with van der Waals surface area (Å²) in [7, 11) is 4.57. The third-order valence-corrected chi connectivity index (χ3v) is 5.88. The first-order valence-electron chi connectivity index (χ1n) is 11.3. The fourth-order valence-electron chi connectivity index (χ4n) is 3.75. The number of hydrogen-bond acceptors (Lipinski definition) is 8. The molecule has 1 amide bonds. The minimum Gasteiger partial charge on any atom is -0.493 e. The molecule has 2 aromatic rings. The van der Waals surface area contributed by atoms with Gasteiger partial charge in [0.1, 0.15) is 5.75 Å². The van der Waals surface area contributed by atoms with E-state index in [0.29, 0.717) is 59.7 Å². The summed E-state index contributed by atoms with van der Waals surface area (Å²) in [5.41, 5.74) is 0.487. The van der Waals surface area contributed by atoms with Crippen molar-refractivity contribution in [2.75, 3.05) is 67.3 Å². The Morgan fingerprint density at radius 2 is 1.54 bits per heavy atom. The predicted molar refractivity (Wildman–Crippen MR) is 131 cm³/mol. The number of rotatable bonds is 11. The highest BCUT2D eigenvalue weighted by Crippen LogP contribution is 2.38. The number of piperazine rings is 1. The van der Waals surface area contributed by atoms with E-state index in [2.05, 4.69) is 4.90 Å². The zero-order valence-electron chi connectivity index (χ0n) is 20.3. The molecule has 2 aromatic carbocycles. The SMILES string of the molecule is COc1cc(C(=O)N2CCN(CCCOC(=O)COc3ccc(Cl)cc3)CC2)cc(OC)c1OC. The number of carbonyl (C=O) groups is 2. The summed E-state index contributed by atoms with van der Waals surface area (Å²) in [6.45, 7) is 3.62. The Hall–Kier alpha value is -3.17. The fraction of sp³-hybridized carbons (Fsp3) is 0.440. The molecule has 3 rings (SSSR count). The molecule has 0 spiro atoms. The highest BCUT2D eigenvalue weighted by atomic mass is 35.5. The lowest BCUT2D eigenvalue weighted by atomic mass is 10.1. The zero-order chi connectivity index (χ0) is 25.2. The Morgan fingerprint density at radius 1 is 0.914 bits per heavy atom. The average Bonchev–Trinajstić information content (AvgIpc) is 2.89.